The summed E-state index contributed by atoms with van der Waals surface area (Å²) in [7, 11) is -3.06. The summed E-state index contributed by atoms with van der Waals surface area (Å²) >= 11 is 12.1. The molecular weight excluding hydrogens is 577 g/mol. The van der Waals surface area contributed by atoms with Crippen LogP contribution < -0.4 is 15.4 Å². The summed E-state index contributed by atoms with van der Waals surface area (Å²) in [6.45, 7) is 0. The Morgan fingerprint density at radius 1 is 1.02 bits per heavy atom. The standard InChI is InChI=1S/C27H23Cl2N5O5S/c1-39-26(36)31-18-10-12-19(13-11-18)34-15-14-30-24(34)27(16-20(27)17-6-3-2-4-7-17)32-25(35)33-40(37,38)22-9-5-8-21(28)23(22)29/h2-15,20H,16H2,1H3,(H,31,36)(H2,32,33,35). The van der Waals surface area contributed by atoms with Gasteiger partial charge in [0.15, 0.2) is 0 Å². The van der Waals surface area contributed by atoms with Gasteiger partial charge in [-0.05, 0) is 48.4 Å². The van der Waals surface area contributed by atoms with Gasteiger partial charge in [0, 0.05) is 29.7 Å². The van der Waals surface area contributed by atoms with Crippen molar-refractivity contribution in [2.75, 3.05) is 12.4 Å². The van der Waals surface area contributed by atoms with Crippen LogP contribution in [0, 0.1) is 0 Å². The summed E-state index contributed by atoms with van der Waals surface area (Å²) in [6.07, 6.45) is 3.21. The quantitative estimate of drug-likeness (QED) is 0.259. The highest BCUT2D eigenvalue weighted by Crippen LogP contribution is 2.58. The Bertz CT molecular complexity index is 1680. The number of halogens is 2. The van der Waals surface area contributed by atoms with Crippen LogP contribution in [-0.2, 0) is 20.3 Å². The fraction of sp³-hybridized carbons (Fsp3) is 0.148. The molecule has 2 atom stereocenters. The molecule has 3 amide bonds. The molecule has 40 heavy (non-hydrogen) atoms. The van der Waals surface area contributed by atoms with E-state index in [-0.39, 0.29) is 20.9 Å². The van der Waals surface area contributed by atoms with Gasteiger partial charge < -0.3 is 14.6 Å². The molecule has 10 nitrogen and oxygen atoms in total. The number of nitrogens with zero attached hydrogens (tertiary/aromatic N) is 2. The third-order valence-electron chi connectivity index (χ3n) is 6.55. The lowest BCUT2D eigenvalue weighted by Gasteiger charge is -2.22. The number of aromatic nitrogens is 2. The number of imidazole rings is 1. The minimum atomic E-state index is -4.34. The molecule has 13 heteroatoms. The van der Waals surface area contributed by atoms with E-state index in [2.05, 4.69) is 25.1 Å². The maximum atomic E-state index is 13.2. The van der Waals surface area contributed by atoms with E-state index in [4.69, 9.17) is 23.2 Å². The molecule has 0 saturated heterocycles. The Labute approximate surface area is 240 Å². The van der Waals surface area contributed by atoms with E-state index in [9.17, 15) is 18.0 Å². The number of carbonyl (C=O) groups is 2. The molecule has 1 aliphatic carbocycles. The Balaban J connectivity index is 1.46. The predicted octanol–water partition coefficient (Wildman–Crippen LogP) is 5.43. The second-order valence-electron chi connectivity index (χ2n) is 9.03. The van der Waals surface area contributed by atoms with Gasteiger partial charge in [-0.15, -0.1) is 0 Å². The van der Waals surface area contributed by atoms with Crippen LogP contribution in [0.2, 0.25) is 10.0 Å². The average molecular weight is 600 g/mol. The van der Waals surface area contributed by atoms with Gasteiger partial charge in [-0.3, -0.25) is 5.32 Å². The lowest BCUT2D eigenvalue weighted by molar-refractivity contribution is 0.187. The van der Waals surface area contributed by atoms with Crippen LogP contribution in [0.15, 0.2) is 90.1 Å². The molecule has 1 saturated carbocycles. The Kier molecular flexibility index (Phi) is 7.45. The Morgan fingerprint density at radius 3 is 2.45 bits per heavy atom. The largest absolute Gasteiger partial charge is 0.453 e. The van der Waals surface area contributed by atoms with Gasteiger partial charge in [0.2, 0.25) is 0 Å². The van der Waals surface area contributed by atoms with Gasteiger partial charge >= 0.3 is 12.1 Å². The van der Waals surface area contributed by atoms with E-state index in [1.807, 2.05) is 30.3 Å². The molecular formula is C27H23Cl2N5O5S. The molecule has 0 aliphatic heterocycles. The first-order chi connectivity index (χ1) is 19.1. The van der Waals surface area contributed by atoms with Gasteiger partial charge in [0.05, 0.1) is 17.2 Å². The number of hydrogen-bond acceptors (Lipinski definition) is 6. The second-order valence-corrected chi connectivity index (χ2v) is 11.5. The summed E-state index contributed by atoms with van der Waals surface area (Å²) in [5, 5.41) is 5.32. The van der Waals surface area contributed by atoms with Gasteiger partial charge in [-0.1, -0.05) is 59.6 Å². The highest BCUT2D eigenvalue weighted by Gasteiger charge is 2.60. The number of benzene rings is 3. The van der Waals surface area contributed by atoms with Crippen molar-refractivity contribution in [1.82, 2.24) is 19.6 Å². The lowest BCUT2D eigenvalue weighted by Crippen LogP contribution is -2.46. The number of sulfonamides is 1. The van der Waals surface area contributed by atoms with E-state index >= 15 is 0 Å². The zero-order chi connectivity index (χ0) is 28.5. The molecule has 2 unspecified atom stereocenters. The van der Waals surface area contributed by atoms with Crippen molar-refractivity contribution in [2.45, 2.75) is 22.8 Å². The first-order valence-electron chi connectivity index (χ1n) is 12.0. The molecule has 4 aromatic rings. The van der Waals surface area contributed by atoms with Crippen LogP contribution in [0.5, 0.6) is 0 Å². The van der Waals surface area contributed by atoms with Crippen LogP contribution in [0.3, 0.4) is 0 Å². The van der Waals surface area contributed by atoms with Gasteiger partial charge in [-0.25, -0.2) is 27.7 Å². The van der Waals surface area contributed by atoms with Crippen molar-refractivity contribution in [3.63, 3.8) is 0 Å². The maximum absolute atomic E-state index is 13.2. The van der Waals surface area contributed by atoms with Crippen molar-refractivity contribution in [2.24, 2.45) is 0 Å². The van der Waals surface area contributed by atoms with E-state index < -0.39 is 27.7 Å². The molecule has 0 radical (unpaired) electrons. The number of carbonyl (C=O) groups excluding carboxylic acids is 2. The molecule has 1 aromatic heterocycles. The second kappa shape index (κ2) is 10.8. The number of hydrogen-bond donors (Lipinski definition) is 3. The van der Waals surface area contributed by atoms with Crippen molar-refractivity contribution in [3.05, 3.63) is 107 Å². The normalized spacial score (nSPS) is 18.0. The Morgan fingerprint density at radius 2 is 1.75 bits per heavy atom. The molecule has 1 heterocycles. The van der Waals surface area contributed by atoms with Crippen molar-refractivity contribution in [1.29, 1.82) is 0 Å². The van der Waals surface area contributed by atoms with Crippen molar-refractivity contribution in [3.8, 4) is 5.69 Å². The first kappa shape index (κ1) is 27.5. The summed E-state index contributed by atoms with van der Waals surface area (Å²) in [4.78, 5) is 29.0. The minimum absolute atomic E-state index is 0.0441. The van der Waals surface area contributed by atoms with Crippen LogP contribution in [0.4, 0.5) is 15.3 Å². The molecule has 3 N–H and O–H groups in total. The Hall–Kier alpha value is -4.06. The third kappa shape index (κ3) is 5.35. The van der Waals surface area contributed by atoms with Crippen molar-refractivity contribution < 1.29 is 22.7 Å². The number of anilines is 1. The number of methoxy groups -OCH3 is 1. The summed E-state index contributed by atoms with van der Waals surface area (Å²) in [5.74, 6) is 0.321. The van der Waals surface area contributed by atoms with E-state index in [1.54, 1.807) is 41.2 Å². The molecule has 206 valence electrons. The summed E-state index contributed by atoms with van der Waals surface area (Å²) in [6, 6.07) is 19.7. The molecule has 0 spiro atoms. The van der Waals surface area contributed by atoms with Gasteiger partial charge in [0.25, 0.3) is 10.0 Å². The monoisotopic (exact) mass is 599 g/mol. The van der Waals surface area contributed by atoms with Crippen LogP contribution in [-0.4, -0.2) is 37.2 Å². The molecule has 0 bridgehead atoms. The van der Waals surface area contributed by atoms with E-state index in [0.717, 1.165) is 5.56 Å². The maximum Gasteiger partial charge on any atom is 0.411 e. The highest BCUT2D eigenvalue weighted by atomic mass is 35.5. The smallest absolute Gasteiger partial charge is 0.411 e. The van der Waals surface area contributed by atoms with Gasteiger partial charge in [-0.2, -0.15) is 0 Å². The summed E-state index contributed by atoms with van der Waals surface area (Å²) in [5.41, 5.74) is 1.17. The van der Waals surface area contributed by atoms with Crippen molar-refractivity contribution >= 4 is 51.0 Å². The molecule has 3 aromatic carbocycles. The number of ether oxygens (including phenoxy) is 1. The summed E-state index contributed by atoms with van der Waals surface area (Å²) < 4.78 is 34.5. The van der Waals surface area contributed by atoms with Crippen LogP contribution in [0.1, 0.15) is 23.7 Å². The zero-order valence-electron chi connectivity index (χ0n) is 21.0. The SMILES string of the molecule is COC(=O)Nc1ccc(-n2ccnc2C2(NC(=O)NS(=O)(=O)c3cccc(Cl)c3Cl)CC2c2ccccc2)cc1. The topological polar surface area (TPSA) is 131 Å². The average Bonchev–Trinajstić information content (AvgIpc) is 3.42. The van der Waals surface area contributed by atoms with E-state index in [1.165, 1.54) is 25.3 Å². The number of rotatable bonds is 7. The number of nitrogens with one attached hydrogen (secondary N) is 3. The number of urea groups is 1. The zero-order valence-corrected chi connectivity index (χ0v) is 23.3. The molecule has 1 aliphatic rings. The fourth-order valence-corrected chi connectivity index (χ4v) is 6.27. The van der Waals surface area contributed by atoms with Crippen LogP contribution >= 0.6 is 23.2 Å². The van der Waals surface area contributed by atoms with E-state index in [0.29, 0.717) is 23.6 Å². The minimum Gasteiger partial charge on any atom is -0.453 e. The number of amides is 3. The van der Waals surface area contributed by atoms with Crippen LogP contribution in [0.25, 0.3) is 5.69 Å². The van der Waals surface area contributed by atoms with Gasteiger partial charge in [0.1, 0.15) is 16.3 Å². The predicted molar refractivity (Wildman–Crippen MR) is 150 cm³/mol. The molecule has 5 rings (SSSR count). The first-order valence-corrected chi connectivity index (χ1v) is 14.2. The lowest BCUT2D eigenvalue weighted by atomic mass is 10.1. The third-order valence-corrected chi connectivity index (χ3v) is 8.85. The molecule has 1 fully saturated rings. The fourth-order valence-electron chi connectivity index (χ4n) is 4.60. The highest BCUT2D eigenvalue weighted by molar-refractivity contribution is 7.90.